The summed E-state index contributed by atoms with van der Waals surface area (Å²) in [5, 5.41) is 8.23. The van der Waals surface area contributed by atoms with Gasteiger partial charge in [0.15, 0.2) is 0 Å². The molecule has 0 unspecified atom stereocenters. The topological polar surface area (TPSA) is 23.8 Å². The van der Waals surface area contributed by atoms with Gasteiger partial charge in [-0.05, 0) is 18.2 Å². The van der Waals surface area contributed by atoms with Crippen LogP contribution in [0, 0.1) is 17.1 Å². The minimum absolute atomic E-state index is 0.257. The van der Waals surface area contributed by atoms with Crippen molar-refractivity contribution in [3.8, 4) is 6.07 Å². The van der Waals surface area contributed by atoms with Crippen molar-refractivity contribution in [1.82, 2.24) is 0 Å². The Kier molecular flexibility index (Phi) is 2.94. The van der Waals surface area contributed by atoms with E-state index in [4.69, 9.17) is 5.26 Å². The Balaban J connectivity index is 2.65. The first-order valence-electron chi connectivity index (χ1n) is 3.08. The van der Waals surface area contributed by atoms with Crippen molar-refractivity contribution in [2.45, 2.75) is 4.90 Å². The van der Waals surface area contributed by atoms with E-state index in [-0.39, 0.29) is 5.82 Å². The molecule has 0 atom stereocenters. The van der Waals surface area contributed by atoms with Crippen LogP contribution in [-0.2, 0) is 0 Å². The lowest BCUT2D eigenvalue weighted by Crippen LogP contribution is -1.76. The highest BCUT2D eigenvalue weighted by Gasteiger charge is 1.93. The Morgan fingerprint density at radius 1 is 1.55 bits per heavy atom. The predicted octanol–water partition coefficient (Wildman–Crippen LogP) is 2.44. The molecule has 0 aliphatic heterocycles. The molecule has 0 saturated heterocycles. The van der Waals surface area contributed by atoms with E-state index in [0.717, 1.165) is 4.90 Å². The summed E-state index contributed by atoms with van der Waals surface area (Å²) >= 11 is 1.33. The molecule has 0 fully saturated rings. The molecule has 3 heteroatoms. The summed E-state index contributed by atoms with van der Waals surface area (Å²) < 4.78 is 12.5. The van der Waals surface area contributed by atoms with Crippen LogP contribution in [0.1, 0.15) is 0 Å². The third-order valence-electron chi connectivity index (χ3n) is 1.10. The maximum absolute atomic E-state index is 12.5. The number of nitriles is 1. The Morgan fingerprint density at radius 2 is 2.36 bits per heavy atom. The van der Waals surface area contributed by atoms with Gasteiger partial charge in [-0.15, -0.1) is 11.8 Å². The zero-order valence-electron chi connectivity index (χ0n) is 5.75. The third kappa shape index (κ3) is 2.60. The zero-order chi connectivity index (χ0) is 8.10. The van der Waals surface area contributed by atoms with Crippen LogP contribution >= 0.6 is 11.8 Å². The van der Waals surface area contributed by atoms with E-state index in [1.165, 1.54) is 23.9 Å². The van der Waals surface area contributed by atoms with Crippen molar-refractivity contribution in [2.75, 3.05) is 5.75 Å². The first-order chi connectivity index (χ1) is 5.33. The molecule has 0 bridgehead atoms. The van der Waals surface area contributed by atoms with Crippen LogP contribution in [0.5, 0.6) is 0 Å². The van der Waals surface area contributed by atoms with Gasteiger partial charge in [-0.1, -0.05) is 6.07 Å². The van der Waals surface area contributed by atoms with Gasteiger partial charge in [0, 0.05) is 4.90 Å². The fraction of sp³-hybridized carbons (Fsp3) is 0.125. The van der Waals surface area contributed by atoms with Gasteiger partial charge in [0.05, 0.1) is 11.8 Å². The molecule has 0 saturated carbocycles. The molecule has 0 radical (unpaired) electrons. The second kappa shape index (κ2) is 3.99. The number of hydrogen-bond acceptors (Lipinski definition) is 2. The minimum atomic E-state index is -0.257. The highest BCUT2D eigenvalue weighted by molar-refractivity contribution is 7.99. The Morgan fingerprint density at radius 3 is 3.00 bits per heavy atom. The van der Waals surface area contributed by atoms with Crippen molar-refractivity contribution in [2.24, 2.45) is 0 Å². The van der Waals surface area contributed by atoms with Crippen molar-refractivity contribution in [3.05, 3.63) is 30.1 Å². The third-order valence-corrected chi connectivity index (χ3v) is 1.96. The van der Waals surface area contributed by atoms with Gasteiger partial charge in [0.1, 0.15) is 5.82 Å². The molecule has 0 heterocycles. The summed E-state index contributed by atoms with van der Waals surface area (Å²) in [6, 6.07) is 8.20. The number of nitrogens with zero attached hydrogens (tertiary/aromatic N) is 1. The van der Waals surface area contributed by atoms with Crippen LogP contribution < -0.4 is 0 Å². The molecule has 0 amide bonds. The molecular formula is C8H6FNS. The van der Waals surface area contributed by atoms with Gasteiger partial charge in [0.25, 0.3) is 0 Å². The van der Waals surface area contributed by atoms with Crippen molar-refractivity contribution < 1.29 is 4.39 Å². The lowest BCUT2D eigenvalue weighted by molar-refractivity contribution is 0.624. The molecule has 1 aromatic carbocycles. The van der Waals surface area contributed by atoms with Crippen molar-refractivity contribution in [3.63, 3.8) is 0 Å². The number of benzene rings is 1. The van der Waals surface area contributed by atoms with E-state index >= 15 is 0 Å². The largest absolute Gasteiger partial charge is 0.207 e. The second-order valence-corrected chi connectivity index (χ2v) is 2.95. The predicted molar refractivity (Wildman–Crippen MR) is 42.7 cm³/mol. The number of rotatable bonds is 2. The maximum atomic E-state index is 12.5. The van der Waals surface area contributed by atoms with E-state index in [2.05, 4.69) is 0 Å². The molecular weight excluding hydrogens is 161 g/mol. The summed E-state index contributed by atoms with van der Waals surface area (Å²) in [5.74, 6) is 0.108. The second-order valence-electron chi connectivity index (χ2n) is 1.90. The number of halogens is 1. The lowest BCUT2D eigenvalue weighted by Gasteiger charge is -1.94. The standard InChI is InChI=1S/C8H6FNS/c9-7-2-1-3-8(6-7)11-5-4-10/h1-3,6H,5H2. The summed E-state index contributed by atoms with van der Waals surface area (Å²) in [6.07, 6.45) is 0. The average molecular weight is 167 g/mol. The van der Waals surface area contributed by atoms with E-state index in [1.54, 1.807) is 12.1 Å². The van der Waals surface area contributed by atoms with Gasteiger partial charge in [-0.2, -0.15) is 5.26 Å². The molecule has 1 rings (SSSR count). The van der Waals surface area contributed by atoms with Crippen LogP contribution in [0.25, 0.3) is 0 Å². The minimum Gasteiger partial charge on any atom is -0.207 e. The molecule has 0 aromatic heterocycles. The van der Waals surface area contributed by atoms with E-state index in [9.17, 15) is 4.39 Å². The van der Waals surface area contributed by atoms with Crippen molar-refractivity contribution in [1.29, 1.82) is 5.26 Å². The van der Waals surface area contributed by atoms with Gasteiger partial charge < -0.3 is 0 Å². The number of hydrogen-bond donors (Lipinski definition) is 0. The van der Waals surface area contributed by atoms with Crippen LogP contribution in [-0.4, -0.2) is 5.75 Å². The fourth-order valence-corrected chi connectivity index (χ4v) is 1.27. The van der Waals surface area contributed by atoms with Gasteiger partial charge in [-0.3, -0.25) is 0 Å². The quantitative estimate of drug-likeness (QED) is 0.632. The highest BCUT2D eigenvalue weighted by Crippen LogP contribution is 2.17. The molecule has 0 spiro atoms. The molecule has 0 N–H and O–H groups in total. The van der Waals surface area contributed by atoms with E-state index in [0.29, 0.717) is 5.75 Å². The normalized spacial score (nSPS) is 9.09. The first kappa shape index (κ1) is 8.09. The lowest BCUT2D eigenvalue weighted by atomic mass is 10.4. The average Bonchev–Trinajstić information content (AvgIpc) is 2.01. The van der Waals surface area contributed by atoms with Crippen LogP contribution in [0.3, 0.4) is 0 Å². The SMILES string of the molecule is N#CCSc1cccc(F)c1. The van der Waals surface area contributed by atoms with Crippen molar-refractivity contribution >= 4 is 11.8 Å². The van der Waals surface area contributed by atoms with Crippen LogP contribution in [0.2, 0.25) is 0 Å². The highest BCUT2D eigenvalue weighted by atomic mass is 32.2. The van der Waals surface area contributed by atoms with Crippen LogP contribution in [0.15, 0.2) is 29.2 Å². The van der Waals surface area contributed by atoms with Gasteiger partial charge >= 0.3 is 0 Å². The molecule has 56 valence electrons. The Labute approximate surface area is 68.8 Å². The number of thioether (sulfide) groups is 1. The molecule has 0 aliphatic carbocycles. The van der Waals surface area contributed by atoms with Crippen LogP contribution in [0.4, 0.5) is 4.39 Å². The summed E-state index contributed by atoms with van der Waals surface area (Å²) in [5.41, 5.74) is 0. The van der Waals surface area contributed by atoms with Gasteiger partial charge in [-0.25, -0.2) is 4.39 Å². The Bertz CT molecular complexity index is 280. The molecule has 1 aromatic rings. The summed E-state index contributed by atoms with van der Waals surface area (Å²) in [6.45, 7) is 0. The summed E-state index contributed by atoms with van der Waals surface area (Å²) in [4.78, 5) is 0.798. The molecule has 1 nitrogen and oxygen atoms in total. The first-order valence-corrected chi connectivity index (χ1v) is 4.07. The monoisotopic (exact) mass is 167 g/mol. The molecule has 11 heavy (non-hydrogen) atoms. The smallest absolute Gasteiger partial charge is 0.124 e. The van der Waals surface area contributed by atoms with E-state index in [1.807, 2.05) is 6.07 Å². The van der Waals surface area contributed by atoms with E-state index < -0.39 is 0 Å². The van der Waals surface area contributed by atoms with Gasteiger partial charge in [0.2, 0.25) is 0 Å². The fourth-order valence-electron chi connectivity index (χ4n) is 0.672. The Hall–Kier alpha value is -1.01. The molecule has 0 aliphatic rings. The maximum Gasteiger partial charge on any atom is 0.124 e. The zero-order valence-corrected chi connectivity index (χ0v) is 6.57. The summed E-state index contributed by atoms with van der Waals surface area (Å²) in [7, 11) is 0.